The van der Waals surface area contributed by atoms with E-state index >= 15 is 0 Å². The number of ether oxygens (including phenoxy) is 1. The van der Waals surface area contributed by atoms with E-state index < -0.39 is 29.1 Å². The Morgan fingerprint density at radius 2 is 1.90 bits per heavy atom. The van der Waals surface area contributed by atoms with Crippen molar-refractivity contribution in [3.05, 3.63) is 49.6 Å². The van der Waals surface area contributed by atoms with Gasteiger partial charge in [0.2, 0.25) is 17.7 Å². The number of aromatic nitrogens is 3. The van der Waals surface area contributed by atoms with E-state index in [4.69, 9.17) is 4.74 Å². The molecule has 4 heterocycles. The van der Waals surface area contributed by atoms with Crippen LogP contribution in [0, 0.1) is 11.8 Å². The van der Waals surface area contributed by atoms with Crippen LogP contribution in [-0.2, 0) is 25.8 Å². The molecule has 1 aromatic heterocycles. The Morgan fingerprint density at radius 3 is 2.63 bits per heavy atom. The quantitative estimate of drug-likeness (QED) is 0.292. The highest BCUT2D eigenvalue weighted by molar-refractivity contribution is 5.99. The molecule has 1 aromatic carbocycles. The van der Waals surface area contributed by atoms with Crippen molar-refractivity contribution in [2.75, 3.05) is 33.3 Å². The van der Waals surface area contributed by atoms with Gasteiger partial charge in [-0.15, -0.1) is 18.3 Å². The third-order valence-corrected chi connectivity index (χ3v) is 9.00. The molecule has 0 radical (unpaired) electrons. The minimum Gasteiger partial charge on any atom is -0.396 e. The number of hydrogen-bond donors (Lipinski definition) is 1. The molecule has 5 rings (SSSR count). The molecule has 41 heavy (non-hydrogen) atoms. The summed E-state index contributed by atoms with van der Waals surface area (Å²) in [7, 11) is 1.70. The van der Waals surface area contributed by atoms with Crippen molar-refractivity contribution < 1.29 is 24.2 Å². The lowest BCUT2D eigenvalue weighted by molar-refractivity contribution is -0.154. The number of nitrogens with zero attached hydrogens (tertiary/aromatic N) is 6. The second-order valence-electron chi connectivity index (χ2n) is 11.6. The summed E-state index contributed by atoms with van der Waals surface area (Å²) in [5, 5.41) is 17.8. The number of aliphatic hydroxyl groups is 1. The summed E-state index contributed by atoms with van der Waals surface area (Å²) >= 11 is 0. The molecule has 5 atom stereocenters. The summed E-state index contributed by atoms with van der Waals surface area (Å²) in [6, 6.07) is 6.63. The molecular formula is C30H40N6O5. The molecule has 2 bridgehead atoms. The normalized spacial score (nSPS) is 28.2. The summed E-state index contributed by atoms with van der Waals surface area (Å²) in [4.78, 5) is 47.4. The molecule has 3 amide bonds. The standard InChI is InChI=1S/C30H40N6O5/c1-5-16-33(4)26(38)23-24-27(39)35(18-10-7-11-19-37)25(30(24)15-14-29(23,3)41-30)28(40)34(17-6-2)20-36-22-13-9-8-12-21(22)31-32-36/h5-6,8-9,12-13,23-25,37H,1-2,7,10-11,14-20H2,3-4H3/t23-,24-,25?,29+,30?/m0/s1. The van der Waals surface area contributed by atoms with Crippen molar-refractivity contribution in [2.45, 2.75) is 62.9 Å². The van der Waals surface area contributed by atoms with E-state index in [1.165, 1.54) is 0 Å². The van der Waals surface area contributed by atoms with E-state index in [9.17, 15) is 19.5 Å². The van der Waals surface area contributed by atoms with Gasteiger partial charge in [-0.25, -0.2) is 4.68 Å². The van der Waals surface area contributed by atoms with Crippen LogP contribution in [0.3, 0.4) is 0 Å². The van der Waals surface area contributed by atoms with Crippen molar-refractivity contribution in [1.82, 2.24) is 29.7 Å². The number of fused-ring (bicyclic) bond motifs is 2. The van der Waals surface area contributed by atoms with Crippen molar-refractivity contribution in [2.24, 2.45) is 11.8 Å². The molecule has 0 aliphatic carbocycles. The van der Waals surface area contributed by atoms with Crippen LogP contribution in [0.25, 0.3) is 11.0 Å². The number of unbranched alkanes of at least 4 members (excludes halogenated alkanes) is 2. The van der Waals surface area contributed by atoms with Crippen LogP contribution in [-0.4, -0.2) is 103 Å². The number of benzene rings is 1. The third-order valence-electron chi connectivity index (χ3n) is 9.00. The number of carbonyl (C=O) groups is 3. The fourth-order valence-electron chi connectivity index (χ4n) is 7.14. The predicted molar refractivity (Wildman–Crippen MR) is 152 cm³/mol. The Balaban J connectivity index is 1.52. The van der Waals surface area contributed by atoms with Gasteiger partial charge in [0.25, 0.3) is 0 Å². The van der Waals surface area contributed by atoms with Crippen molar-refractivity contribution in [3.63, 3.8) is 0 Å². The third kappa shape index (κ3) is 4.74. The Morgan fingerprint density at radius 1 is 1.15 bits per heavy atom. The second kappa shape index (κ2) is 11.4. The first kappa shape index (κ1) is 28.9. The summed E-state index contributed by atoms with van der Waals surface area (Å²) in [5.74, 6) is -2.10. The zero-order chi connectivity index (χ0) is 29.4. The van der Waals surface area contributed by atoms with Gasteiger partial charge in [-0.1, -0.05) is 29.5 Å². The lowest BCUT2D eigenvalue weighted by Gasteiger charge is -2.36. The lowest BCUT2D eigenvalue weighted by atomic mass is 9.66. The molecule has 3 fully saturated rings. The Hall–Kier alpha value is -3.57. The van der Waals surface area contributed by atoms with E-state index in [1.54, 1.807) is 38.6 Å². The molecule has 11 nitrogen and oxygen atoms in total. The van der Waals surface area contributed by atoms with E-state index in [0.29, 0.717) is 45.2 Å². The highest BCUT2D eigenvalue weighted by Gasteiger charge is 2.78. The van der Waals surface area contributed by atoms with E-state index in [1.807, 2.05) is 31.2 Å². The van der Waals surface area contributed by atoms with Crippen LogP contribution < -0.4 is 0 Å². The monoisotopic (exact) mass is 564 g/mol. The number of likely N-dealkylation sites (N-methyl/N-ethyl adjacent to an activating group) is 1. The molecule has 0 saturated carbocycles. The predicted octanol–water partition coefficient (Wildman–Crippen LogP) is 1.98. The number of carbonyl (C=O) groups excluding carboxylic acids is 3. The fraction of sp³-hybridized carbons (Fsp3) is 0.567. The van der Waals surface area contributed by atoms with E-state index in [2.05, 4.69) is 23.5 Å². The van der Waals surface area contributed by atoms with Gasteiger partial charge in [0.05, 0.1) is 23.0 Å². The molecule has 2 aromatic rings. The van der Waals surface area contributed by atoms with Gasteiger partial charge >= 0.3 is 0 Å². The van der Waals surface area contributed by atoms with E-state index in [0.717, 1.165) is 11.0 Å². The summed E-state index contributed by atoms with van der Waals surface area (Å²) < 4.78 is 8.41. The maximum absolute atomic E-state index is 14.6. The minimum absolute atomic E-state index is 0.0650. The fourth-order valence-corrected chi connectivity index (χ4v) is 7.14. The average molecular weight is 565 g/mol. The first-order valence-corrected chi connectivity index (χ1v) is 14.4. The number of amides is 3. The lowest BCUT2D eigenvalue weighted by Crippen LogP contribution is -2.56. The van der Waals surface area contributed by atoms with Crippen LogP contribution in [0.5, 0.6) is 0 Å². The van der Waals surface area contributed by atoms with Gasteiger partial charge in [0.1, 0.15) is 23.8 Å². The number of aliphatic hydroxyl groups excluding tert-OH is 1. The minimum atomic E-state index is -1.11. The topological polar surface area (TPSA) is 121 Å². The van der Waals surface area contributed by atoms with Gasteiger partial charge < -0.3 is 24.5 Å². The number of hydrogen-bond acceptors (Lipinski definition) is 7. The van der Waals surface area contributed by atoms with Gasteiger partial charge in [-0.3, -0.25) is 14.4 Å². The molecule has 3 aliphatic heterocycles. The summed E-state index contributed by atoms with van der Waals surface area (Å²) in [5.41, 5.74) is -0.455. The molecular weight excluding hydrogens is 524 g/mol. The van der Waals surface area contributed by atoms with Crippen LogP contribution >= 0.6 is 0 Å². The second-order valence-corrected chi connectivity index (χ2v) is 11.6. The number of rotatable bonds is 13. The maximum Gasteiger partial charge on any atom is 0.250 e. The summed E-state index contributed by atoms with van der Waals surface area (Å²) in [6.45, 7) is 10.6. The van der Waals surface area contributed by atoms with Gasteiger partial charge in [-0.05, 0) is 51.2 Å². The molecule has 220 valence electrons. The number of likely N-dealkylation sites (tertiary alicyclic amines) is 1. The van der Waals surface area contributed by atoms with Crippen LogP contribution in [0.2, 0.25) is 0 Å². The molecule has 3 aliphatic rings. The zero-order valence-corrected chi connectivity index (χ0v) is 23.9. The smallest absolute Gasteiger partial charge is 0.250 e. The molecule has 11 heteroatoms. The Kier molecular flexibility index (Phi) is 8.02. The van der Waals surface area contributed by atoms with Crippen LogP contribution in [0.1, 0.15) is 39.0 Å². The number of para-hydroxylation sites is 1. The van der Waals surface area contributed by atoms with Gasteiger partial charge in [0.15, 0.2) is 0 Å². The Labute approximate surface area is 240 Å². The van der Waals surface area contributed by atoms with E-state index in [-0.39, 0.29) is 37.5 Å². The molecule has 3 saturated heterocycles. The van der Waals surface area contributed by atoms with Gasteiger partial charge in [-0.2, -0.15) is 0 Å². The van der Waals surface area contributed by atoms with Crippen LogP contribution in [0.15, 0.2) is 49.6 Å². The van der Waals surface area contributed by atoms with Crippen molar-refractivity contribution in [3.8, 4) is 0 Å². The zero-order valence-electron chi connectivity index (χ0n) is 23.9. The van der Waals surface area contributed by atoms with Crippen molar-refractivity contribution >= 4 is 28.8 Å². The molecule has 1 spiro atoms. The Bertz CT molecular complexity index is 1340. The highest BCUT2D eigenvalue weighted by atomic mass is 16.5. The van der Waals surface area contributed by atoms with Crippen molar-refractivity contribution in [1.29, 1.82) is 0 Å². The summed E-state index contributed by atoms with van der Waals surface area (Å²) in [6.07, 6.45) is 6.34. The maximum atomic E-state index is 14.6. The molecule has 2 unspecified atom stereocenters. The molecule has 1 N–H and O–H groups in total. The highest BCUT2D eigenvalue weighted by Crippen LogP contribution is 2.63. The van der Waals surface area contributed by atoms with Gasteiger partial charge in [0, 0.05) is 33.3 Å². The first-order chi connectivity index (χ1) is 19.7. The average Bonchev–Trinajstić information content (AvgIpc) is 3.66. The first-order valence-electron chi connectivity index (χ1n) is 14.4. The largest absolute Gasteiger partial charge is 0.396 e. The van der Waals surface area contributed by atoms with Crippen LogP contribution in [0.4, 0.5) is 0 Å². The SMILES string of the molecule is C=CCN(C)C(=O)[C@@H]1[C@H]2C(=O)N(CCCCCO)C(C(=O)N(CC=C)Cn3nnc4ccccc43)C23CC[C@@]1(C)O3.